The quantitative estimate of drug-likeness (QED) is 0.0302. The van der Waals surface area contributed by atoms with E-state index in [1.165, 1.54) is 76.4 Å². The number of hydrogen-bond acceptors (Lipinski definition) is 8. The van der Waals surface area contributed by atoms with Crippen molar-refractivity contribution in [2.45, 2.75) is 123 Å². The van der Waals surface area contributed by atoms with Crippen LogP contribution in [0.5, 0.6) is 0 Å². The molecule has 0 aliphatic heterocycles. The molecule has 0 fully saturated rings. The minimum atomic E-state index is -4.63. The number of carbonyl (C=O) groups is 2. The Labute approximate surface area is 256 Å². The summed E-state index contributed by atoms with van der Waals surface area (Å²) >= 11 is 0. The summed E-state index contributed by atoms with van der Waals surface area (Å²) in [4.78, 5) is 36.8. The van der Waals surface area contributed by atoms with Gasteiger partial charge in [0.25, 0.3) is 7.82 Å². The Morgan fingerprint density at radius 2 is 1.19 bits per heavy atom. The van der Waals surface area contributed by atoms with Gasteiger partial charge >= 0.3 is 11.9 Å². The van der Waals surface area contributed by atoms with Crippen LogP contribution >= 0.6 is 7.82 Å². The van der Waals surface area contributed by atoms with Gasteiger partial charge in [-0.2, -0.15) is 0 Å². The number of rotatable bonds is 28. The first-order valence-corrected chi connectivity index (χ1v) is 17.6. The molecular formula is C32H60NO8P. The average Bonchev–Trinajstić information content (AvgIpc) is 2.92. The topological polar surface area (TPSA) is 111 Å². The van der Waals surface area contributed by atoms with Crippen molar-refractivity contribution in [2.75, 3.05) is 47.5 Å². The molecule has 0 radical (unpaired) electrons. The fourth-order valence-electron chi connectivity index (χ4n) is 3.98. The second-order valence-electron chi connectivity index (χ2n) is 11.9. The first-order valence-electron chi connectivity index (χ1n) is 16.1. The first-order chi connectivity index (χ1) is 20.0. The number of carbonyl (C=O) groups excluding carboxylic acids is 2. The summed E-state index contributed by atoms with van der Waals surface area (Å²) in [5, 5.41) is 0. The molecule has 0 saturated heterocycles. The third-order valence-electron chi connectivity index (χ3n) is 6.58. The van der Waals surface area contributed by atoms with Gasteiger partial charge in [0.05, 0.1) is 27.7 Å². The van der Waals surface area contributed by atoms with Crippen molar-refractivity contribution < 1.29 is 42.1 Å². The van der Waals surface area contributed by atoms with E-state index in [2.05, 4.69) is 13.8 Å². The number of ether oxygens (including phenoxy) is 2. The van der Waals surface area contributed by atoms with Gasteiger partial charge in [-0.25, -0.2) is 9.59 Å². The molecule has 42 heavy (non-hydrogen) atoms. The van der Waals surface area contributed by atoms with Crippen LogP contribution in [0.1, 0.15) is 117 Å². The molecule has 10 heteroatoms. The van der Waals surface area contributed by atoms with Crippen LogP contribution in [0.4, 0.5) is 0 Å². The molecule has 0 amide bonds. The summed E-state index contributed by atoms with van der Waals surface area (Å²) in [5.74, 6) is -1.23. The maximum Gasteiger partial charge on any atom is 0.330 e. The summed E-state index contributed by atoms with van der Waals surface area (Å²) in [7, 11) is 1.10. The molecular weight excluding hydrogens is 557 g/mol. The fraction of sp³-hybridized carbons (Fsp3) is 0.812. The lowest BCUT2D eigenvalue weighted by Gasteiger charge is -2.28. The van der Waals surface area contributed by atoms with E-state index in [0.717, 1.165) is 38.5 Å². The summed E-state index contributed by atoms with van der Waals surface area (Å²) in [6.07, 6.45) is 23.2. The van der Waals surface area contributed by atoms with Crippen LogP contribution in [0.2, 0.25) is 0 Å². The zero-order valence-electron chi connectivity index (χ0n) is 27.2. The maximum atomic E-state index is 12.4. The van der Waals surface area contributed by atoms with Crippen molar-refractivity contribution in [2.24, 2.45) is 0 Å². The lowest BCUT2D eigenvalue weighted by Crippen LogP contribution is -2.37. The summed E-state index contributed by atoms with van der Waals surface area (Å²) in [6.45, 7) is 3.95. The van der Waals surface area contributed by atoms with Gasteiger partial charge in [0.2, 0.25) is 0 Å². The van der Waals surface area contributed by atoms with Crippen molar-refractivity contribution in [1.82, 2.24) is 0 Å². The summed E-state index contributed by atoms with van der Waals surface area (Å²) < 4.78 is 33.2. The predicted molar refractivity (Wildman–Crippen MR) is 167 cm³/mol. The Balaban J connectivity index is 4.69. The van der Waals surface area contributed by atoms with E-state index in [1.54, 1.807) is 12.2 Å². The van der Waals surface area contributed by atoms with Crippen molar-refractivity contribution in [3.63, 3.8) is 0 Å². The van der Waals surface area contributed by atoms with Crippen LogP contribution < -0.4 is 4.89 Å². The Hall–Kier alpha value is -1.51. The lowest BCUT2D eigenvalue weighted by molar-refractivity contribution is -0.870. The predicted octanol–water partition coefficient (Wildman–Crippen LogP) is 7.04. The Morgan fingerprint density at radius 1 is 0.714 bits per heavy atom. The number of phosphoric ester groups is 1. The van der Waals surface area contributed by atoms with Crippen LogP contribution in [0.25, 0.3) is 0 Å². The second kappa shape index (κ2) is 25.9. The van der Waals surface area contributed by atoms with Crippen LogP contribution in [-0.2, 0) is 32.7 Å². The monoisotopic (exact) mass is 617 g/mol. The highest BCUT2D eigenvalue weighted by molar-refractivity contribution is 7.45. The van der Waals surface area contributed by atoms with E-state index in [1.807, 2.05) is 21.1 Å². The molecule has 0 saturated carbocycles. The van der Waals surface area contributed by atoms with Gasteiger partial charge in [-0.3, -0.25) is 4.57 Å². The van der Waals surface area contributed by atoms with E-state index in [4.69, 9.17) is 18.5 Å². The third-order valence-corrected chi connectivity index (χ3v) is 7.55. The number of hydrogen-bond donors (Lipinski definition) is 0. The number of allylic oxidation sites excluding steroid dienone is 2. The molecule has 0 aromatic rings. The lowest BCUT2D eigenvalue weighted by atomic mass is 10.1. The SMILES string of the molecule is CCCCCCCCCC=CC(=O)OC[C@H](COP(=O)([O-])OCC[N+](C)(C)C)OC(=O)C=CCCCCCCCCC. The highest BCUT2D eigenvalue weighted by Gasteiger charge is 2.20. The molecule has 0 heterocycles. The molecule has 9 nitrogen and oxygen atoms in total. The Kier molecular flexibility index (Phi) is 25.0. The van der Waals surface area contributed by atoms with Gasteiger partial charge in [0, 0.05) is 12.2 Å². The summed E-state index contributed by atoms with van der Waals surface area (Å²) in [6, 6.07) is 0. The van der Waals surface area contributed by atoms with Crippen molar-refractivity contribution in [3.8, 4) is 0 Å². The van der Waals surface area contributed by atoms with Crippen molar-refractivity contribution in [3.05, 3.63) is 24.3 Å². The molecule has 0 spiro atoms. The van der Waals surface area contributed by atoms with Crippen LogP contribution in [0, 0.1) is 0 Å². The van der Waals surface area contributed by atoms with Crippen LogP contribution in [0.15, 0.2) is 24.3 Å². The van der Waals surface area contributed by atoms with E-state index < -0.39 is 32.5 Å². The number of nitrogens with zero attached hydrogens (tertiary/aromatic N) is 1. The maximum absolute atomic E-state index is 12.4. The van der Waals surface area contributed by atoms with E-state index in [-0.39, 0.29) is 13.2 Å². The number of unbranched alkanes of at least 4 members (excludes halogenated alkanes) is 14. The normalized spacial score (nSPS) is 14.3. The first kappa shape index (κ1) is 40.5. The number of quaternary nitrogens is 1. The minimum absolute atomic E-state index is 0.0470. The molecule has 0 N–H and O–H groups in total. The zero-order valence-corrected chi connectivity index (χ0v) is 28.1. The molecule has 246 valence electrons. The molecule has 1 unspecified atom stereocenters. The molecule has 0 rings (SSSR count). The van der Waals surface area contributed by atoms with Gasteiger partial charge in [-0.05, 0) is 25.7 Å². The van der Waals surface area contributed by atoms with Gasteiger partial charge in [-0.1, -0.05) is 103 Å². The molecule has 0 aliphatic rings. The largest absolute Gasteiger partial charge is 0.756 e. The van der Waals surface area contributed by atoms with Crippen molar-refractivity contribution >= 4 is 19.8 Å². The zero-order chi connectivity index (χ0) is 31.5. The van der Waals surface area contributed by atoms with E-state index in [9.17, 15) is 19.0 Å². The fourth-order valence-corrected chi connectivity index (χ4v) is 4.71. The molecule has 2 atom stereocenters. The van der Waals surface area contributed by atoms with Gasteiger partial charge in [0.15, 0.2) is 6.10 Å². The van der Waals surface area contributed by atoms with Crippen molar-refractivity contribution in [1.29, 1.82) is 0 Å². The summed E-state index contributed by atoms with van der Waals surface area (Å²) in [5.41, 5.74) is 0. The smallest absolute Gasteiger partial charge is 0.330 e. The average molecular weight is 618 g/mol. The van der Waals surface area contributed by atoms with Gasteiger partial charge in [0.1, 0.15) is 19.8 Å². The second-order valence-corrected chi connectivity index (χ2v) is 13.3. The highest BCUT2D eigenvalue weighted by atomic mass is 31.2. The standard InChI is InChI=1S/C32H60NO8P/c1-6-8-10-12-14-16-18-20-22-24-31(34)38-28-30(29-40-42(36,37)39-27-26-33(3,4)5)41-32(35)25-23-21-19-17-15-13-11-9-7-2/h22-25,30H,6-21,26-29H2,1-5H3/t30-/m1/s1. The Morgan fingerprint density at radius 3 is 1.69 bits per heavy atom. The minimum Gasteiger partial charge on any atom is -0.756 e. The molecule has 0 bridgehead atoms. The van der Waals surface area contributed by atoms with Crippen LogP contribution in [-0.4, -0.2) is 70.0 Å². The van der Waals surface area contributed by atoms with E-state index in [0.29, 0.717) is 11.0 Å². The van der Waals surface area contributed by atoms with Crippen LogP contribution in [0.3, 0.4) is 0 Å². The molecule has 0 aromatic heterocycles. The highest BCUT2D eigenvalue weighted by Crippen LogP contribution is 2.38. The molecule has 0 aromatic carbocycles. The molecule has 0 aliphatic carbocycles. The Bertz CT molecular complexity index is 794. The van der Waals surface area contributed by atoms with E-state index >= 15 is 0 Å². The third kappa shape index (κ3) is 28.6. The van der Waals surface area contributed by atoms with Gasteiger partial charge in [-0.15, -0.1) is 0 Å². The van der Waals surface area contributed by atoms with Gasteiger partial charge < -0.3 is 27.9 Å². The number of esters is 2. The number of phosphoric acid groups is 1. The number of likely N-dealkylation sites (N-methyl/N-ethyl adjacent to an activating group) is 1.